The van der Waals surface area contributed by atoms with E-state index in [1.165, 1.54) is 11.1 Å². The summed E-state index contributed by atoms with van der Waals surface area (Å²) in [4.78, 5) is 0. The molecular weight excluding hydrogens is 196 g/mol. The molecule has 1 aliphatic rings. The number of aryl methyl sites for hydroxylation is 1. The van der Waals surface area contributed by atoms with Crippen molar-refractivity contribution in [1.29, 1.82) is 0 Å². The van der Waals surface area contributed by atoms with E-state index in [-0.39, 0.29) is 5.41 Å². The highest BCUT2D eigenvalue weighted by Crippen LogP contribution is 2.37. The van der Waals surface area contributed by atoms with Crippen LogP contribution in [0, 0.1) is 6.92 Å². The van der Waals surface area contributed by atoms with Crippen LogP contribution >= 0.6 is 11.6 Å². The lowest BCUT2D eigenvalue weighted by Crippen LogP contribution is -2.47. The Morgan fingerprint density at radius 3 is 2.57 bits per heavy atom. The lowest BCUT2D eigenvalue weighted by Gasteiger charge is -2.42. The SMILES string of the molecule is Cc1ccccc1C1(CCCl)COC1. The van der Waals surface area contributed by atoms with Crippen molar-refractivity contribution in [1.82, 2.24) is 0 Å². The van der Waals surface area contributed by atoms with E-state index < -0.39 is 0 Å². The Bertz CT molecular complexity index is 318. The van der Waals surface area contributed by atoms with Crippen LogP contribution < -0.4 is 0 Å². The molecule has 1 aromatic carbocycles. The summed E-state index contributed by atoms with van der Waals surface area (Å²) in [5, 5.41) is 0. The third-order valence-corrected chi connectivity index (χ3v) is 3.24. The van der Waals surface area contributed by atoms with Gasteiger partial charge in [-0.1, -0.05) is 24.3 Å². The molecule has 0 bridgehead atoms. The molecule has 0 aliphatic carbocycles. The summed E-state index contributed by atoms with van der Waals surface area (Å²) in [6, 6.07) is 8.53. The number of halogens is 1. The third-order valence-electron chi connectivity index (χ3n) is 3.05. The van der Waals surface area contributed by atoms with Gasteiger partial charge in [0.25, 0.3) is 0 Å². The molecule has 2 rings (SSSR count). The van der Waals surface area contributed by atoms with Crippen LogP contribution in [0.4, 0.5) is 0 Å². The summed E-state index contributed by atoms with van der Waals surface area (Å²) in [6.07, 6.45) is 1.01. The van der Waals surface area contributed by atoms with Gasteiger partial charge in [0.1, 0.15) is 0 Å². The van der Waals surface area contributed by atoms with Crippen LogP contribution in [0.15, 0.2) is 24.3 Å². The van der Waals surface area contributed by atoms with E-state index in [2.05, 4.69) is 31.2 Å². The second kappa shape index (κ2) is 3.92. The maximum atomic E-state index is 5.85. The molecule has 0 saturated carbocycles. The zero-order chi connectivity index (χ0) is 10.0. The second-order valence-corrected chi connectivity index (χ2v) is 4.40. The number of hydrogen-bond donors (Lipinski definition) is 0. The van der Waals surface area contributed by atoms with E-state index in [0.29, 0.717) is 5.88 Å². The first-order valence-corrected chi connectivity index (χ1v) is 5.52. The Morgan fingerprint density at radius 2 is 2.07 bits per heavy atom. The predicted molar refractivity (Wildman–Crippen MR) is 59.0 cm³/mol. The fourth-order valence-electron chi connectivity index (χ4n) is 2.13. The van der Waals surface area contributed by atoms with Crippen molar-refractivity contribution in [2.45, 2.75) is 18.8 Å². The van der Waals surface area contributed by atoms with Crippen molar-refractivity contribution in [2.75, 3.05) is 19.1 Å². The number of alkyl halides is 1. The molecular formula is C12H15ClO. The van der Waals surface area contributed by atoms with Gasteiger partial charge in [0.15, 0.2) is 0 Å². The molecule has 0 radical (unpaired) electrons. The van der Waals surface area contributed by atoms with E-state index in [1.54, 1.807) is 0 Å². The molecule has 1 fully saturated rings. The van der Waals surface area contributed by atoms with E-state index >= 15 is 0 Å². The smallest absolute Gasteiger partial charge is 0.0586 e. The van der Waals surface area contributed by atoms with Gasteiger partial charge in [-0.05, 0) is 24.5 Å². The van der Waals surface area contributed by atoms with Gasteiger partial charge in [-0.3, -0.25) is 0 Å². The minimum absolute atomic E-state index is 0.201. The van der Waals surface area contributed by atoms with Gasteiger partial charge in [0.2, 0.25) is 0 Å². The maximum absolute atomic E-state index is 5.85. The van der Waals surface area contributed by atoms with Gasteiger partial charge in [-0.25, -0.2) is 0 Å². The van der Waals surface area contributed by atoms with Crippen molar-refractivity contribution in [3.05, 3.63) is 35.4 Å². The Hall–Kier alpha value is -0.530. The Balaban J connectivity index is 2.32. The first kappa shape index (κ1) is 10.0. The summed E-state index contributed by atoms with van der Waals surface area (Å²) in [7, 11) is 0. The van der Waals surface area contributed by atoms with Crippen molar-refractivity contribution >= 4 is 11.6 Å². The second-order valence-electron chi connectivity index (χ2n) is 4.03. The van der Waals surface area contributed by atoms with Crippen LogP contribution in [0.5, 0.6) is 0 Å². The summed E-state index contributed by atoms with van der Waals surface area (Å²) in [5.74, 6) is 0.706. The van der Waals surface area contributed by atoms with E-state index in [1.807, 2.05) is 0 Å². The predicted octanol–water partition coefficient (Wildman–Crippen LogP) is 2.89. The van der Waals surface area contributed by atoms with Gasteiger partial charge in [-0.15, -0.1) is 11.6 Å². The van der Waals surface area contributed by atoms with E-state index in [4.69, 9.17) is 16.3 Å². The minimum Gasteiger partial charge on any atom is -0.379 e. The van der Waals surface area contributed by atoms with Crippen LogP contribution in [0.3, 0.4) is 0 Å². The molecule has 1 aliphatic heterocycles. The van der Waals surface area contributed by atoms with Crippen molar-refractivity contribution in [3.8, 4) is 0 Å². The minimum atomic E-state index is 0.201. The molecule has 0 spiro atoms. The number of benzene rings is 1. The van der Waals surface area contributed by atoms with Crippen LogP contribution in [0.25, 0.3) is 0 Å². The van der Waals surface area contributed by atoms with Gasteiger partial charge in [0.05, 0.1) is 13.2 Å². The summed E-state index contributed by atoms with van der Waals surface area (Å²) >= 11 is 5.85. The molecule has 0 N–H and O–H groups in total. The Kier molecular flexibility index (Phi) is 2.80. The average molecular weight is 211 g/mol. The van der Waals surface area contributed by atoms with Crippen LogP contribution in [-0.4, -0.2) is 19.1 Å². The van der Waals surface area contributed by atoms with Crippen molar-refractivity contribution < 1.29 is 4.74 Å². The summed E-state index contributed by atoms with van der Waals surface area (Å²) < 4.78 is 5.34. The largest absolute Gasteiger partial charge is 0.379 e. The van der Waals surface area contributed by atoms with Gasteiger partial charge in [0, 0.05) is 11.3 Å². The van der Waals surface area contributed by atoms with Gasteiger partial charge >= 0.3 is 0 Å². The molecule has 1 nitrogen and oxygen atoms in total. The normalized spacial score (nSPS) is 19.0. The van der Waals surface area contributed by atoms with E-state index in [0.717, 1.165) is 19.6 Å². The zero-order valence-electron chi connectivity index (χ0n) is 8.42. The highest BCUT2D eigenvalue weighted by atomic mass is 35.5. The van der Waals surface area contributed by atoms with Crippen LogP contribution in [0.1, 0.15) is 17.5 Å². The first-order valence-electron chi connectivity index (χ1n) is 4.98. The number of rotatable bonds is 3. The monoisotopic (exact) mass is 210 g/mol. The molecule has 0 aromatic heterocycles. The third kappa shape index (κ3) is 1.55. The van der Waals surface area contributed by atoms with Crippen LogP contribution in [0.2, 0.25) is 0 Å². The number of ether oxygens (including phenoxy) is 1. The van der Waals surface area contributed by atoms with Gasteiger partial charge < -0.3 is 4.74 Å². The number of hydrogen-bond acceptors (Lipinski definition) is 1. The first-order chi connectivity index (χ1) is 6.78. The Labute approximate surface area is 90.0 Å². The lowest BCUT2D eigenvalue weighted by atomic mass is 9.74. The molecule has 1 aromatic rings. The molecule has 0 amide bonds. The van der Waals surface area contributed by atoms with Crippen LogP contribution in [-0.2, 0) is 10.2 Å². The topological polar surface area (TPSA) is 9.23 Å². The average Bonchev–Trinajstić information content (AvgIpc) is 2.13. The molecule has 0 atom stereocenters. The quantitative estimate of drug-likeness (QED) is 0.698. The maximum Gasteiger partial charge on any atom is 0.0586 e. The fraction of sp³-hybridized carbons (Fsp3) is 0.500. The fourth-order valence-corrected chi connectivity index (χ4v) is 2.49. The highest BCUT2D eigenvalue weighted by Gasteiger charge is 2.40. The standard InChI is InChI=1S/C12H15ClO/c1-10-4-2-3-5-11(10)12(6-7-13)8-14-9-12/h2-5H,6-9H2,1H3. The van der Waals surface area contributed by atoms with Gasteiger partial charge in [-0.2, -0.15) is 0 Å². The highest BCUT2D eigenvalue weighted by molar-refractivity contribution is 6.17. The molecule has 1 heterocycles. The molecule has 76 valence electrons. The molecule has 1 saturated heterocycles. The van der Waals surface area contributed by atoms with Crippen molar-refractivity contribution in [2.24, 2.45) is 0 Å². The summed E-state index contributed by atoms with van der Waals surface area (Å²) in [6.45, 7) is 3.80. The molecule has 0 unspecified atom stereocenters. The Morgan fingerprint density at radius 1 is 1.36 bits per heavy atom. The lowest BCUT2D eigenvalue weighted by molar-refractivity contribution is -0.0618. The molecule has 2 heteroatoms. The summed E-state index contributed by atoms with van der Waals surface area (Å²) in [5.41, 5.74) is 2.96. The zero-order valence-corrected chi connectivity index (χ0v) is 9.18. The van der Waals surface area contributed by atoms with E-state index in [9.17, 15) is 0 Å². The molecule has 14 heavy (non-hydrogen) atoms. The van der Waals surface area contributed by atoms with Crippen molar-refractivity contribution in [3.63, 3.8) is 0 Å².